The molecule has 0 saturated carbocycles. The van der Waals surface area contributed by atoms with Crippen molar-refractivity contribution in [2.24, 2.45) is 11.7 Å². The molecule has 2 atom stereocenters. The van der Waals surface area contributed by atoms with E-state index in [9.17, 15) is 29.1 Å². The molecular weight excluding hydrogens is 776 g/mol. The van der Waals surface area contributed by atoms with Crippen molar-refractivity contribution in [1.82, 2.24) is 21.3 Å². The molecule has 0 bridgehead atoms. The van der Waals surface area contributed by atoms with E-state index in [1.54, 1.807) is 38.1 Å². The zero-order valence-corrected chi connectivity index (χ0v) is 33.0. The van der Waals surface area contributed by atoms with Gasteiger partial charge in [0.15, 0.2) is 0 Å². The largest absolute Gasteiger partial charge is 0.392 e. The van der Waals surface area contributed by atoms with Crippen LogP contribution in [0.15, 0.2) is 24.3 Å². The Bertz CT molecular complexity index is 1200. The van der Waals surface area contributed by atoms with E-state index < -0.39 is 29.9 Å². The summed E-state index contributed by atoms with van der Waals surface area (Å²) in [5, 5.41) is 22.9. The number of ether oxygens (including phenoxy) is 6. The Morgan fingerprint density at radius 2 is 1.20 bits per heavy atom. The third-order valence-electron chi connectivity index (χ3n) is 7.29. The molecule has 0 spiro atoms. The Labute approximate surface area is 325 Å². The summed E-state index contributed by atoms with van der Waals surface area (Å²) in [6, 6.07) is 4.02. The van der Waals surface area contributed by atoms with Gasteiger partial charge in [-0.3, -0.25) is 19.2 Å². The minimum absolute atomic E-state index is 0.0175. The Morgan fingerprint density at radius 3 is 1.69 bits per heavy atom. The second kappa shape index (κ2) is 31.9. The number of aliphatic hydroxyl groups is 1. The molecule has 54 heavy (non-hydrogen) atoms. The zero-order valence-electron chi connectivity index (χ0n) is 31.4. The van der Waals surface area contributed by atoms with E-state index in [1.807, 2.05) is 0 Å². The first-order valence-electron chi connectivity index (χ1n) is 18.0. The summed E-state index contributed by atoms with van der Waals surface area (Å²) in [5.74, 6) is -1.77. The number of halogens is 1. The molecule has 308 valence electrons. The van der Waals surface area contributed by atoms with Crippen LogP contribution in [0.5, 0.6) is 0 Å². The molecule has 0 aliphatic heterocycles. The van der Waals surface area contributed by atoms with Gasteiger partial charge >= 0.3 is 6.03 Å². The van der Waals surface area contributed by atoms with E-state index in [0.717, 1.165) is 0 Å². The molecular formula is C35H59BrN6O12. The molecule has 0 radical (unpaired) electrons. The van der Waals surface area contributed by atoms with Gasteiger partial charge in [-0.25, -0.2) is 4.79 Å². The molecule has 0 heterocycles. The topological polar surface area (TPSA) is 247 Å². The number of carbonyl (C=O) groups excluding carboxylic acids is 5. The van der Waals surface area contributed by atoms with Gasteiger partial charge in [0.25, 0.3) is 0 Å². The molecule has 6 amide bonds. The third kappa shape index (κ3) is 25.6. The summed E-state index contributed by atoms with van der Waals surface area (Å²) in [6.07, 6.45) is 0.564. The molecule has 0 saturated heterocycles. The van der Waals surface area contributed by atoms with Crippen LogP contribution in [0.25, 0.3) is 0 Å². The van der Waals surface area contributed by atoms with Crippen LogP contribution in [0.2, 0.25) is 0 Å². The van der Waals surface area contributed by atoms with Crippen molar-refractivity contribution in [2.75, 3.05) is 103 Å². The Balaban J connectivity index is 2.22. The van der Waals surface area contributed by atoms with Gasteiger partial charge in [0.05, 0.1) is 91.2 Å². The summed E-state index contributed by atoms with van der Waals surface area (Å²) >= 11 is 3.07. The molecule has 19 heteroatoms. The average Bonchev–Trinajstić information content (AvgIpc) is 3.15. The fourth-order valence-electron chi connectivity index (χ4n) is 4.43. The standard InChI is InChI=1S/C35H59BrN6O12/c1-26(2)32(34(47)41-29(4-3-10-39-35(37)48)33(46)40-28-7-5-27(25-43)6-8-28)42-30(44)9-12-49-14-16-51-18-20-53-22-23-54-21-19-52-17-15-50-13-11-38-31(45)24-36/h5-8,26,29,32,43H,3-4,9-25H2,1-2H3,(H,38,45)(H,40,46)(H,41,47)(H,42,44)(H3,37,39,48)/t29-,32-/m0/s1. The molecule has 1 aromatic rings. The van der Waals surface area contributed by atoms with Gasteiger partial charge in [-0.15, -0.1) is 0 Å². The average molecular weight is 836 g/mol. The minimum atomic E-state index is -0.967. The Hall–Kier alpha value is -3.43. The predicted octanol–water partition coefficient (Wildman–Crippen LogP) is 0.192. The SMILES string of the molecule is CC(C)[C@H](NC(=O)CCOCCOCCOCCOCCOCCOCCNC(=O)CBr)C(=O)N[C@@H](CCCNC(N)=O)C(=O)Nc1ccc(CO)cc1. The van der Waals surface area contributed by atoms with Gasteiger partial charge in [0.2, 0.25) is 23.6 Å². The maximum atomic E-state index is 13.3. The lowest BCUT2D eigenvalue weighted by atomic mass is 10.0. The number of urea groups is 1. The predicted molar refractivity (Wildman–Crippen MR) is 203 cm³/mol. The number of carbonyl (C=O) groups is 5. The lowest BCUT2D eigenvalue weighted by molar-refractivity contribution is -0.132. The highest BCUT2D eigenvalue weighted by atomic mass is 79.9. The monoisotopic (exact) mass is 834 g/mol. The lowest BCUT2D eigenvalue weighted by Gasteiger charge is -2.25. The van der Waals surface area contributed by atoms with Gasteiger partial charge in [-0.2, -0.15) is 0 Å². The van der Waals surface area contributed by atoms with E-state index in [2.05, 4.69) is 42.5 Å². The van der Waals surface area contributed by atoms with Crippen LogP contribution in [0.3, 0.4) is 0 Å². The normalized spacial score (nSPS) is 12.2. The van der Waals surface area contributed by atoms with Gasteiger partial charge in [-0.1, -0.05) is 41.9 Å². The molecule has 0 unspecified atom stereocenters. The van der Waals surface area contributed by atoms with E-state index in [1.165, 1.54) is 0 Å². The molecule has 18 nitrogen and oxygen atoms in total. The number of anilines is 1. The van der Waals surface area contributed by atoms with Crippen molar-refractivity contribution >= 4 is 51.3 Å². The van der Waals surface area contributed by atoms with Crippen molar-refractivity contribution in [3.05, 3.63) is 29.8 Å². The maximum Gasteiger partial charge on any atom is 0.312 e. The fourth-order valence-corrected chi connectivity index (χ4v) is 4.63. The number of amides is 6. The van der Waals surface area contributed by atoms with Crippen LogP contribution >= 0.6 is 15.9 Å². The third-order valence-corrected chi connectivity index (χ3v) is 7.80. The number of nitrogens with two attached hydrogens (primary N) is 1. The number of benzene rings is 1. The molecule has 8 N–H and O–H groups in total. The molecule has 0 aliphatic carbocycles. The summed E-state index contributed by atoms with van der Waals surface area (Å²) in [7, 11) is 0. The van der Waals surface area contributed by atoms with Crippen LogP contribution in [0, 0.1) is 5.92 Å². The number of nitrogens with one attached hydrogen (secondary N) is 5. The van der Waals surface area contributed by atoms with Gasteiger partial charge < -0.3 is 65.8 Å². The molecule has 1 rings (SSSR count). The van der Waals surface area contributed by atoms with Gasteiger partial charge in [0.1, 0.15) is 12.1 Å². The smallest absolute Gasteiger partial charge is 0.312 e. The first-order chi connectivity index (χ1) is 26.1. The number of rotatable bonds is 33. The first kappa shape index (κ1) is 48.6. The second-order valence-electron chi connectivity index (χ2n) is 12.0. The maximum absolute atomic E-state index is 13.3. The van der Waals surface area contributed by atoms with E-state index in [-0.39, 0.29) is 62.3 Å². The van der Waals surface area contributed by atoms with Gasteiger partial charge in [-0.05, 0) is 36.5 Å². The highest BCUT2D eigenvalue weighted by Gasteiger charge is 2.28. The number of aliphatic hydroxyl groups excluding tert-OH is 1. The summed E-state index contributed by atoms with van der Waals surface area (Å²) in [6.45, 7) is 8.55. The van der Waals surface area contributed by atoms with Crippen LogP contribution < -0.4 is 32.3 Å². The van der Waals surface area contributed by atoms with Crippen molar-refractivity contribution in [3.63, 3.8) is 0 Å². The van der Waals surface area contributed by atoms with Crippen molar-refractivity contribution in [2.45, 2.75) is 51.8 Å². The van der Waals surface area contributed by atoms with E-state index >= 15 is 0 Å². The molecule has 1 aromatic carbocycles. The minimum Gasteiger partial charge on any atom is -0.392 e. The van der Waals surface area contributed by atoms with Crippen LogP contribution in [-0.2, 0) is 54.2 Å². The van der Waals surface area contributed by atoms with Crippen LogP contribution in [0.4, 0.5) is 10.5 Å². The summed E-state index contributed by atoms with van der Waals surface area (Å²) in [4.78, 5) is 61.2. The fraction of sp³-hybridized carbons (Fsp3) is 0.686. The van der Waals surface area contributed by atoms with Crippen LogP contribution in [0.1, 0.15) is 38.7 Å². The van der Waals surface area contributed by atoms with E-state index in [4.69, 9.17) is 34.2 Å². The highest BCUT2D eigenvalue weighted by Crippen LogP contribution is 2.12. The first-order valence-corrected chi connectivity index (χ1v) is 19.1. The summed E-state index contributed by atoms with van der Waals surface area (Å²) < 4.78 is 32.6. The Morgan fingerprint density at radius 1 is 0.685 bits per heavy atom. The quantitative estimate of drug-likeness (QED) is 0.0371. The molecule has 0 aromatic heterocycles. The van der Waals surface area contributed by atoms with Crippen molar-refractivity contribution in [3.8, 4) is 0 Å². The number of hydrogen-bond acceptors (Lipinski definition) is 12. The molecule has 0 fully saturated rings. The highest BCUT2D eigenvalue weighted by molar-refractivity contribution is 9.09. The van der Waals surface area contributed by atoms with Crippen molar-refractivity contribution in [1.29, 1.82) is 0 Å². The lowest BCUT2D eigenvalue weighted by Crippen LogP contribution is -2.54. The molecule has 0 aliphatic rings. The Kier molecular flexibility index (Phi) is 28.7. The van der Waals surface area contributed by atoms with Crippen molar-refractivity contribution < 1.29 is 57.5 Å². The summed E-state index contributed by atoms with van der Waals surface area (Å²) in [5.41, 5.74) is 6.28. The van der Waals surface area contributed by atoms with Crippen LogP contribution in [-0.4, -0.2) is 145 Å². The zero-order chi connectivity index (χ0) is 39.8. The van der Waals surface area contributed by atoms with Gasteiger partial charge in [0, 0.05) is 25.2 Å². The number of hydrogen-bond donors (Lipinski definition) is 7. The second-order valence-corrected chi connectivity index (χ2v) is 12.6. The van der Waals surface area contributed by atoms with E-state index in [0.29, 0.717) is 90.3 Å². The number of primary amides is 1. The number of alkyl halides is 1.